The van der Waals surface area contributed by atoms with Gasteiger partial charge in [-0.15, -0.1) is 11.8 Å². The third kappa shape index (κ3) is 3.40. The van der Waals surface area contributed by atoms with Crippen molar-refractivity contribution in [1.29, 1.82) is 0 Å². The highest BCUT2D eigenvalue weighted by molar-refractivity contribution is 7.99. The van der Waals surface area contributed by atoms with Crippen LogP contribution in [-0.4, -0.2) is 31.4 Å². The van der Waals surface area contributed by atoms with E-state index in [1.165, 1.54) is 12.1 Å². The summed E-state index contributed by atoms with van der Waals surface area (Å²) in [6, 6.07) is 7.49. The van der Waals surface area contributed by atoms with Crippen molar-refractivity contribution in [2.75, 3.05) is 5.75 Å². The fourth-order valence-electron chi connectivity index (χ4n) is 1.92. The highest BCUT2D eigenvalue weighted by Gasteiger charge is 2.13. The van der Waals surface area contributed by atoms with Gasteiger partial charge < -0.3 is 5.11 Å². The maximum atomic E-state index is 13.8. The van der Waals surface area contributed by atoms with Crippen LogP contribution in [0.15, 0.2) is 35.1 Å². The van der Waals surface area contributed by atoms with Crippen LogP contribution in [0.1, 0.15) is 5.69 Å². The van der Waals surface area contributed by atoms with E-state index in [9.17, 15) is 14.0 Å². The van der Waals surface area contributed by atoms with E-state index in [0.717, 1.165) is 27.6 Å². The fraction of sp³-hybridized carbons (Fsp3) is 0.143. The predicted octanol–water partition coefficient (Wildman–Crippen LogP) is 2.27. The lowest BCUT2D eigenvalue weighted by atomic mass is 10.2. The smallest absolute Gasteiger partial charge is 0.313 e. The Kier molecular flexibility index (Phi) is 4.39. The summed E-state index contributed by atoms with van der Waals surface area (Å²) in [7, 11) is 0. The number of benzene rings is 1. The molecule has 2 heterocycles. The van der Waals surface area contributed by atoms with E-state index in [4.69, 9.17) is 5.11 Å². The first-order chi connectivity index (χ1) is 11.0. The number of nitrogens with zero attached hydrogens (tertiary/aromatic N) is 3. The molecule has 0 amide bonds. The minimum Gasteiger partial charge on any atom is -0.481 e. The topological polar surface area (TPSA) is 84.6 Å². The molecule has 0 saturated carbocycles. The van der Waals surface area contributed by atoms with Crippen LogP contribution in [0.25, 0.3) is 15.5 Å². The first-order valence-electron chi connectivity index (χ1n) is 6.49. The summed E-state index contributed by atoms with van der Waals surface area (Å²) in [5.41, 5.74) is 0.411. The van der Waals surface area contributed by atoms with E-state index in [0.29, 0.717) is 27.0 Å². The van der Waals surface area contributed by atoms with Crippen molar-refractivity contribution < 1.29 is 14.3 Å². The number of carboxylic acid groups (broad SMARTS) is 1. The summed E-state index contributed by atoms with van der Waals surface area (Å²) in [4.78, 5) is 27.2. The van der Waals surface area contributed by atoms with Crippen molar-refractivity contribution in [3.63, 3.8) is 0 Å². The van der Waals surface area contributed by atoms with E-state index in [1.54, 1.807) is 18.2 Å². The number of carboxylic acids is 1. The number of rotatable bonds is 5. The number of aliphatic carboxylic acids is 1. The second-order valence-electron chi connectivity index (χ2n) is 4.55. The van der Waals surface area contributed by atoms with Crippen LogP contribution < -0.4 is 5.56 Å². The van der Waals surface area contributed by atoms with Gasteiger partial charge in [-0.25, -0.2) is 9.37 Å². The number of halogens is 1. The van der Waals surface area contributed by atoms with Gasteiger partial charge in [-0.2, -0.15) is 9.61 Å². The molecule has 6 nitrogen and oxygen atoms in total. The molecular formula is C14H10FN3O3S2. The number of hydrogen-bond acceptors (Lipinski definition) is 6. The molecule has 0 saturated heterocycles. The molecule has 0 aliphatic heterocycles. The summed E-state index contributed by atoms with van der Waals surface area (Å²) in [5.74, 6) is -1.10. The molecule has 0 radical (unpaired) electrons. The minimum atomic E-state index is -0.924. The molecule has 0 bridgehead atoms. The summed E-state index contributed by atoms with van der Waals surface area (Å²) >= 11 is 2.26. The Labute approximate surface area is 137 Å². The van der Waals surface area contributed by atoms with Gasteiger partial charge in [-0.05, 0) is 12.1 Å². The van der Waals surface area contributed by atoms with Gasteiger partial charge in [0, 0.05) is 17.4 Å². The number of carbonyl (C=O) groups is 1. The Morgan fingerprint density at radius 1 is 1.39 bits per heavy atom. The molecule has 118 valence electrons. The molecule has 9 heteroatoms. The fourth-order valence-corrected chi connectivity index (χ4v) is 3.50. The standard InChI is InChI=1S/C14H10FN3O3S2/c15-10-4-2-1-3-9(10)13-17-18-11(19)5-8(16-14(18)23-13)6-22-7-12(20)21/h1-5H,6-7H2,(H,20,21). The second-order valence-corrected chi connectivity index (χ2v) is 6.50. The van der Waals surface area contributed by atoms with E-state index in [-0.39, 0.29) is 11.3 Å². The molecule has 0 aliphatic carbocycles. The SMILES string of the molecule is O=C(O)CSCc1cc(=O)n2nc(-c3ccccc3F)sc2n1. The van der Waals surface area contributed by atoms with E-state index in [2.05, 4.69) is 10.1 Å². The predicted molar refractivity (Wildman–Crippen MR) is 86.3 cm³/mol. The minimum absolute atomic E-state index is 0.0653. The molecule has 0 fully saturated rings. The number of fused-ring (bicyclic) bond motifs is 1. The van der Waals surface area contributed by atoms with Gasteiger partial charge in [-0.1, -0.05) is 23.5 Å². The molecule has 1 aromatic carbocycles. The van der Waals surface area contributed by atoms with Gasteiger partial charge in [0.25, 0.3) is 5.56 Å². The molecule has 2 aromatic heterocycles. The number of hydrogen-bond donors (Lipinski definition) is 1. The molecule has 0 unspecified atom stereocenters. The Morgan fingerprint density at radius 2 is 2.17 bits per heavy atom. The van der Waals surface area contributed by atoms with Gasteiger partial charge in [0.2, 0.25) is 4.96 Å². The third-order valence-corrected chi connectivity index (χ3v) is 4.77. The van der Waals surface area contributed by atoms with Crippen molar-refractivity contribution in [3.8, 4) is 10.6 Å². The maximum Gasteiger partial charge on any atom is 0.313 e. The quantitative estimate of drug-likeness (QED) is 0.759. The second kappa shape index (κ2) is 6.47. The first-order valence-corrected chi connectivity index (χ1v) is 8.46. The molecule has 3 aromatic rings. The zero-order valence-corrected chi connectivity index (χ0v) is 13.2. The van der Waals surface area contributed by atoms with Gasteiger partial charge in [0.05, 0.1) is 11.4 Å². The van der Waals surface area contributed by atoms with Gasteiger partial charge in [0.1, 0.15) is 5.82 Å². The summed E-state index contributed by atoms with van der Waals surface area (Å²) in [6.45, 7) is 0. The average Bonchev–Trinajstić information content (AvgIpc) is 2.91. The lowest BCUT2D eigenvalue weighted by Crippen LogP contribution is -2.15. The number of thioether (sulfide) groups is 1. The van der Waals surface area contributed by atoms with Crippen molar-refractivity contribution in [1.82, 2.24) is 14.6 Å². The van der Waals surface area contributed by atoms with Gasteiger partial charge in [0.15, 0.2) is 5.01 Å². The van der Waals surface area contributed by atoms with Crippen LogP contribution in [0.3, 0.4) is 0 Å². The first kappa shape index (κ1) is 15.6. The molecule has 1 N–H and O–H groups in total. The molecule has 0 spiro atoms. The van der Waals surface area contributed by atoms with Crippen molar-refractivity contribution in [3.05, 3.63) is 52.2 Å². The van der Waals surface area contributed by atoms with Gasteiger partial charge in [-0.3, -0.25) is 9.59 Å². The van der Waals surface area contributed by atoms with Crippen LogP contribution in [0, 0.1) is 5.82 Å². The largest absolute Gasteiger partial charge is 0.481 e. The molecule has 0 atom stereocenters. The Morgan fingerprint density at radius 3 is 2.91 bits per heavy atom. The summed E-state index contributed by atoms with van der Waals surface area (Å²) in [6.07, 6.45) is 0. The van der Waals surface area contributed by atoms with E-state index in [1.807, 2.05) is 0 Å². The molecule has 23 heavy (non-hydrogen) atoms. The van der Waals surface area contributed by atoms with Crippen LogP contribution in [-0.2, 0) is 10.5 Å². The van der Waals surface area contributed by atoms with Crippen molar-refractivity contribution in [2.24, 2.45) is 0 Å². The van der Waals surface area contributed by atoms with Crippen molar-refractivity contribution >= 4 is 34.0 Å². The molecule has 3 rings (SSSR count). The molecular weight excluding hydrogens is 341 g/mol. The lowest BCUT2D eigenvalue weighted by molar-refractivity contribution is -0.133. The summed E-state index contributed by atoms with van der Waals surface area (Å²) < 4.78 is 14.9. The normalized spacial score (nSPS) is 11.0. The van der Waals surface area contributed by atoms with Gasteiger partial charge >= 0.3 is 5.97 Å². The van der Waals surface area contributed by atoms with E-state index >= 15 is 0 Å². The van der Waals surface area contributed by atoms with Crippen molar-refractivity contribution in [2.45, 2.75) is 5.75 Å². The highest BCUT2D eigenvalue weighted by Crippen LogP contribution is 2.26. The zero-order chi connectivity index (χ0) is 16.4. The van der Waals surface area contributed by atoms with Crippen LogP contribution in [0.2, 0.25) is 0 Å². The maximum absolute atomic E-state index is 13.8. The Hall–Kier alpha value is -2.26. The third-order valence-electron chi connectivity index (χ3n) is 2.88. The Balaban J connectivity index is 1.97. The monoisotopic (exact) mass is 351 g/mol. The molecule has 0 aliphatic rings. The van der Waals surface area contributed by atoms with E-state index < -0.39 is 11.8 Å². The average molecular weight is 351 g/mol. The summed E-state index contributed by atoms with van der Waals surface area (Å²) in [5, 5.41) is 13.1. The lowest BCUT2D eigenvalue weighted by Gasteiger charge is -1.98. The van der Waals surface area contributed by atoms with Crippen LogP contribution in [0.4, 0.5) is 4.39 Å². The van der Waals surface area contributed by atoms with Crippen LogP contribution >= 0.6 is 23.1 Å². The van der Waals surface area contributed by atoms with Crippen LogP contribution in [0.5, 0.6) is 0 Å². The Bertz CT molecular complexity index is 938. The zero-order valence-electron chi connectivity index (χ0n) is 11.6. The number of aromatic nitrogens is 3. The highest BCUT2D eigenvalue weighted by atomic mass is 32.2.